The number of hydrogen-bond acceptors (Lipinski definition) is 6. The number of nitrogens with zero attached hydrogens (tertiary/aromatic N) is 4. The Morgan fingerprint density at radius 1 is 1.11 bits per heavy atom. The summed E-state index contributed by atoms with van der Waals surface area (Å²) in [5, 5.41) is 2.83. The Morgan fingerprint density at radius 3 is 2.40 bits per heavy atom. The second-order valence-electron chi connectivity index (χ2n) is 8.56. The van der Waals surface area contributed by atoms with Crippen LogP contribution in [-0.4, -0.2) is 56.9 Å². The molecule has 2 heterocycles. The van der Waals surface area contributed by atoms with E-state index in [9.17, 15) is 13.2 Å². The number of hydrogen-bond donors (Lipinski definition) is 2. The number of nitrogens with one attached hydrogen (secondary N) is 1. The number of benzene rings is 2. The second kappa shape index (κ2) is 10.3. The molecule has 35 heavy (non-hydrogen) atoms. The zero-order valence-corrected chi connectivity index (χ0v) is 20.1. The number of rotatable bonds is 7. The van der Waals surface area contributed by atoms with Gasteiger partial charge < -0.3 is 19.7 Å². The van der Waals surface area contributed by atoms with E-state index in [0.717, 1.165) is 43.8 Å². The Hall–Kier alpha value is -3.02. The number of aromatic nitrogens is 2. The minimum absolute atomic E-state index is 0.219. The summed E-state index contributed by atoms with van der Waals surface area (Å²) in [5.74, 6) is -5.50. The van der Waals surface area contributed by atoms with Crippen LogP contribution in [0.5, 0.6) is 0 Å². The first-order valence-electron chi connectivity index (χ1n) is 11.1. The van der Waals surface area contributed by atoms with Crippen LogP contribution in [0.3, 0.4) is 0 Å². The van der Waals surface area contributed by atoms with Crippen molar-refractivity contribution >= 4 is 28.4 Å². The van der Waals surface area contributed by atoms with E-state index in [2.05, 4.69) is 39.2 Å². The van der Waals surface area contributed by atoms with Gasteiger partial charge in [-0.3, -0.25) is 0 Å². The summed E-state index contributed by atoms with van der Waals surface area (Å²) in [6.07, 6.45) is 2.79. The highest BCUT2D eigenvalue weighted by atomic mass is 32.2. The van der Waals surface area contributed by atoms with E-state index in [1.165, 1.54) is 12.1 Å². The smallest absolute Gasteiger partial charge is 0.319 e. The van der Waals surface area contributed by atoms with Gasteiger partial charge in [-0.1, -0.05) is 18.2 Å². The highest BCUT2D eigenvalue weighted by Gasteiger charge is 2.42. The molecule has 0 radical (unpaired) electrons. The molecule has 186 valence electrons. The molecule has 0 amide bonds. The molecule has 3 aromatic rings. The molecule has 2 aromatic carbocycles. The van der Waals surface area contributed by atoms with Crippen molar-refractivity contribution in [1.82, 2.24) is 14.9 Å². The molecule has 1 aromatic heterocycles. The predicted octanol–water partition coefficient (Wildman–Crippen LogP) is 4.61. The normalized spacial score (nSPS) is 15.9. The van der Waals surface area contributed by atoms with Gasteiger partial charge in [0, 0.05) is 36.1 Å². The zero-order valence-electron chi connectivity index (χ0n) is 19.3. The maximum atomic E-state index is 15.2. The third-order valence-corrected chi connectivity index (χ3v) is 6.87. The number of alkyl halides is 2. The Morgan fingerprint density at radius 2 is 1.77 bits per heavy atom. The Bertz CT molecular complexity index is 1200. The van der Waals surface area contributed by atoms with Gasteiger partial charge in [0.25, 0.3) is 0 Å². The molecule has 0 spiro atoms. The Labute approximate surface area is 204 Å². The minimum Gasteiger partial charge on any atom is -0.371 e. The Balaban J connectivity index is 1.52. The lowest BCUT2D eigenvalue weighted by molar-refractivity contribution is 0.0306. The van der Waals surface area contributed by atoms with Crippen LogP contribution >= 0.6 is 0 Å². The van der Waals surface area contributed by atoms with Gasteiger partial charge >= 0.3 is 5.92 Å². The van der Waals surface area contributed by atoms with Gasteiger partial charge in [-0.25, -0.2) is 18.6 Å². The van der Waals surface area contributed by atoms with Crippen LogP contribution in [0, 0.1) is 5.82 Å². The average Bonchev–Trinajstić information content (AvgIpc) is 2.85. The van der Waals surface area contributed by atoms with Crippen LogP contribution in [0.1, 0.15) is 24.1 Å². The summed E-state index contributed by atoms with van der Waals surface area (Å²) in [5.41, 5.74) is -0.386. The molecule has 1 atom stereocenters. The quantitative estimate of drug-likeness (QED) is 0.454. The molecule has 0 saturated carbocycles. The third kappa shape index (κ3) is 5.47. The Kier molecular flexibility index (Phi) is 7.39. The molecule has 0 aliphatic carbocycles. The monoisotopic (exact) mass is 505 g/mol. The summed E-state index contributed by atoms with van der Waals surface area (Å²) in [7, 11) is 4.18. The van der Waals surface area contributed by atoms with Gasteiger partial charge in [0.1, 0.15) is 0 Å². The van der Waals surface area contributed by atoms with Crippen molar-refractivity contribution in [2.24, 2.45) is 0 Å². The molecular weight excluding hydrogens is 479 g/mol. The summed E-state index contributed by atoms with van der Waals surface area (Å²) < 4.78 is 65.7. The molecule has 1 saturated heterocycles. The fourth-order valence-corrected chi connectivity index (χ4v) is 4.76. The van der Waals surface area contributed by atoms with E-state index in [4.69, 9.17) is 0 Å². The molecule has 1 fully saturated rings. The van der Waals surface area contributed by atoms with Crippen LogP contribution in [0.25, 0.3) is 0 Å². The van der Waals surface area contributed by atoms with Gasteiger partial charge in [-0.2, -0.15) is 8.78 Å². The summed E-state index contributed by atoms with van der Waals surface area (Å²) in [6.45, 7) is 1.88. The molecule has 1 aliphatic heterocycles. The van der Waals surface area contributed by atoms with Crippen LogP contribution in [-0.2, 0) is 17.0 Å². The summed E-state index contributed by atoms with van der Waals surface area (Å²) in [6, 6.07) is 12.7. The maximum absolute atomic E-state index is 15.2. The highest BCUT2D eigenvalue weighted by Crippen LogP contribution is 2.39. The average molecular weight is 506 g/mol. The van der Waals surface area contributed by atoms with E-state index >= 15 is 8.78 Å². The van der Waals surface area contributed by atoms with E-state index < -0.39 is 39.0 Å². The summed E-state index contributed by atoms with van der Waals surface area (Å²) >= 11 is -2.68. The SMILES string of the molecule is CN(C)C1CCN(c2ccc(Nc3ncc(F)c(C(F)(F)c4ccccc4S(=O)O)n3)cc2)CC1. The number of halogens is 3. The lowest BCUT2D eigenvalue weighted by atomic mass is 10.0. The topological polar surface area (TPSA) is 81.6 Å². The molecule has 2 N–H and O–H groups in total. The highest BCUT2D eigenvalue weighted by molar-refractivity contribution is 7.79. The summed E-state index contributed by atoms with van der Waals surface area (Å²) in [4.78, 5) is 11.5. The van der Waals surface area contributed by atoms with E-state index in [0.29, 0.717) is 17.9 Å². The van der Waals surface area contributed by atoms with E-state index in [-0.39, 0.29) is 5.95 Å². The number of piperidine rings is 1. The largest absolute Gasteiger partial charge is 0.371 e. The van der Waals surface area contributed by atoms with Crippen molar-refractivity contribution in [2.75, 3.05) is 37.4 Å². The predicted molar refractivity (Wildman–Crippen MR) is 129 cm³/mol. The standard InChI is InChI=1S/C24H26F3N5O2S/c1-31(2)17-11-13-32(14-12-17)18-9-7-16(8-10-18)29-23-28-15-20(25)22(30-23)24(26,27)19-5-3-4-6-21(19)35(33)34/h3-10,15,17H,11-14H2,1-2H3,(H,33,34)(H,28,29,30). The lowest BCUT2D eigenvalue weighted by Crippen LogP contribution is -2.41. The van der Waals surface area contributed by atoms with Gasteiger partial charge in [0.2, 0.25) is 5.95 Å². The second-order valence-corrected chi connectivity index (χ2v) is 9.50. The zero-order chi connectivity index (χ0) is 25.2. The van der Waals surface area contributed by atoms with Crippen molar-refractivity contribution < 1.29 is 21.9 Å². The molecule has 0 bridgehead atoms. The fraction of sp³-hybridized carbons (Fsp3) is 0.333. The van der Waals surface area contributed by atoms with Crippen molar-refractivity contribution in [3.05, 3.63) is 71.8 Å². The first-order chi connectivity index (χ1) is 16.7. The first-order valence-corrected chi connectivity index (χ1v) is 12.2. The van der Waals surface area contributed by atoms with Crippen molar-refractivity contribution in [3.63, 3.8) is 0 Å². The van der Waals surface area contributed by atoms with Crippen molar-refractivity contribution in [3.8, 4) is 0 Å². The van der Waals surface area contributed by atoms with E-state index in [1.54, 1.807) is 12.1 Å². The number of anilines is 3. The van der Waals surface area contributed by atoms with Crippen molar-refractivity contribution in [2.45, 2.75) is 29.7 Å². The molecule has 7 nitrogen and oxygen atoms in total. The van der Waals surface area contributed by atoms with Crippen molar-refractivity contribution in [1.29, 1.82) is 0 Å². The van der Waals surface area contributed by atoms with E-state index in [1.807, 2.05) is 12.1 Å². The van der Waals surface area contributed by atoms with Gasteiger partial charge in [0.15, 0.2) is 22.6 Å². The van der Waals surface area contributed by atoms with Crippen LogP contribution in [0.15, 0.2) is 59.6 Å². The fourth-order valence-electron chi connectivity index (χ4n) is 4.18. The van der Waals surface area contributed by atoms with Crippen LogP contribution in [0.2, 0.25) is 0 Å². The van der Waals surface area contributed by atoms with Gasteiger partial charge in [-0.15, -0.1) is 0 Å². The van der Waals surface area contributed by atoms with Crippen LogP contribution < -0.4 is 10.2 Å². The molecule has 4 rings (SSSR count). The molecular formula is C24H26F3N5O2S. The molecule has 1 unspecified atom stereocenters. The lowest BCUT2D eigenvalue weighted by Gasteiger charge is -2.36. The minimum atomic E-state index is -3.96. The maximum Gasteiger partial charge on any atom is 0.319 e. The molecule has 1 aliphatic rings. The molecule has 11 heteroatoms. The van der Waals surface area contributed by atoms with Gasteiger partial charge in [-0.05, 0) is 57.3 Å². The third-order valence-electron chi connectivity index (χ3n) is 6.14. The van der Waals surface area contributed by atoms with Gasteiger partial charge in [0.05, 0.1) is 11.1 Å². The first kappa shape index (κ1) is 25.1. The van der Waals surface area contributed by atoms with Crippen LogP contribution in [0.4, 0.5) is 30.5 Å².